The fourth-order valence-electron chi connectivity index (χ4n) is 9.60. The number of aromatic nitrogens is 16. The minimum absolute atomic E-state index is 0. The Bertz CT molecular complexity index is 3960. The van der Waals surface area contributed by atoms with Crippen molar-refractivity contribution < 1.29 is 0 Å². The minimum atomic E-state index is 0. The first kappa shape index (κ1) is 88.1. The lowest BCUT2D eigenvalue weighted by Gasteiger charge is -1.92. The fourth-order valence-corrected chi connectivity index (χ4v) is 9.60. The lowest BCUT2D eigenvalue weighted by atomic mass is 10.1. The molecule has 0 aliphatic carbocycles. The van der Waals surface area contributed by atoms with Crippen LogP contribution in [0.3, 0.4) is 0 Å². The highest BCUT2D eigenvalue weighted by Gasteiger charge is 1.95. The molecule has 20 aromatic rings. The molecule has 0 N–H and O–H groups in total. The van der Waals surface area contributed by atoms with Gasteiger partial charge in [-0.15, -0.1) is 0 Å². The van der Waals surface area contributed by atoms with Gasteiger partial charge in [-0.2, -0.15) is 10.2 Å². The molecule has 0 aliphatic heterocycles. The average molecular weight is 1430 g/mol. The Hall–Kier alpha value is -14.1. The number of nitrogens with zero attached hydrogens (tertiary/aromatic N) is 16. The second-order valence-corrected chi connectivity index (χ2v) is 21.3. The summed E-state index contributed by atoms with van der Waals surface area (Å²) in [6.45, 7) is 0. The molecule has 0 saturated carbocycles. The van der Waals surface area contributed by atoms with Gasteiger partial charge < -0.3 is 0 Å². The largest absolute Gasteiger partial charge is 0.264 e. The third-order valence-corrected chi connectivity index (χ3v) is 14.6. The molecule has 13 aromatic heterocycles. The van der Waals surface area contributed by atoms with Gasteiger partial charge in [0.2, 0.25) is 0 Å². The van der Waals surface area contributed by atoms with E-state index in [1.54, 1.807) is 74.5 Å². The molecule has 16 heteroatoms. The van der Waals surface area contributed by atoms with Crippen LogP contribution in [0, 0.1) is 0 Å². The van der Waals surface area contributed by atoms with E-state index in [0.717, 1.165) is 76.6 Å². The topological polar surface area (TPSA) is 206 Å². The first-order valence-electron chi connectivity index (χ1n) is 31.8. The molecule has 0 bridgehead atoms. The van der Waals surface area contributed by atoms with Crippen LogP contribution in [0.4, 0.5) is 0 Å². The van der Waals surface area contributed by atoms with Crippen molar-refractivity contribution in [1.82, 2.24) is 80.0 Å². The van der Waals surface area contributed by atoms with Gasteiger partial charge in [0.25, 0.3) is 0 Å². The Morgan fingerprint density at radius 3 is 0.815 bits per heavy atom. The van der Waals surface area contributed by atoms with Crippen molar-refractivity contribution in [2.45, 2.75) is 59.4 Å². The first-order valence-corrected chi connectivity index (χ1v) is 31.8. The fraction of sp³-hybridized carbons (Fsp3) is 0.0870. The van der Waals surface area contributed by atoms with Crippen LogP contribution in [0.25, 0.3) is 109 Å². The van der Waals surface area contributed by atoms with Crippen molar-refractivity contribution in [2.24, 2.45) is 0 Å². The van der Waals surface area contributed by atoms with Crippen LogP contribution in [-0.4, -0.2) is 80.0 Å². The van der Waals surface area contributed by atoms with Crippen molar-refractivity contribution in [3.8, 4) is 0 Å². The number of fused-ring (bicyclic) bond motifs is 10. The lowest BCUT2D eigenvalue weighted by molar-refractivity contribution is 1.08. The molecule has 0 fully saturated rings. The van der Waals surface area contributed by atoms with Crippen molar-refractivity contribution in [1.29, 1.82) is 0 Å². The molecular formula is C92H96N16. The lowest BCUT2D eigenvalue weighted by Crippen LogP contribution is -1.80. The number of para-hydroxylation sites is 3. The number of benzene rings is 7. The second kappa shape index (κ2) is 49.5. The van der Waals surface area contributed by atoms with Gasteiger partial charge in [0.15, 0.2) is 0 Å². The van der Waals surface area contributed by atoms with Crippen molar-refractivity contribution in [2.75, 3.05) is 0 Å². The maximum absolute atomic E-state index is 4.18. The van der Waals surface area contributed by atoms with Crippen LogP contribution in [-0.2, 0) is 0 Å². The summed E-state index contributed by atoms with van der Waals surface area (Å²) in [7, 11) is 0. The molecule has 0 unspecified atom stereocenters. The molecule has 0 spiro atoms. The maximum atomic E-state index is 4.18. The SMILES string of the molecule is C.C.C.C.C.C.C.C.c1cc2ncncc2cn1.c1ccc2ccccc2c1.c1ccc2cnccc2c1.c1ccc2ncccc2c1.c1ccc2ncccc2c1.c1ccc2ncncc2c1.c1ccc2nnccc2c1.c1cnc2cccnc2c1.c1cnc2ccncc2c1.c1cnc2cnccc2c1. The number of hydrogen-bond acceptors (Lipinski definition) is 16. The molecule has 0 amide bonds. The molecule has 0 atom stereocenters. The molecule has 16 nitrogen and oxygen atoms in total. The molecule has 13 heterocycles. The van der Waals surface area contributed by atoms with Gasteiger partial charge in [0.05, 0.1) is 62.0 Å². The van der Waals surface area contributed by atoms with E-state index >= 15 is 0 Å². The molecule has 7 aromatic carbocycles. The normalized spacial score (nSPS) is 9.26. The first-order chi connectivity index (χ1) is 49.7. The van der Waals surface area contributed by atoms with E-state index in [0.29, 0.717) is 0 Å². The average Bonchev–Trinajstić information content (AvgIpc) is 1.04. The van der Waals surface area contributed by atoms with Gasteiger partial charge in [-0.3, -0.25) is 49.8 Å². The summed E-state index contributed by atoms with van der Waals surface area (Å²) in [5.41, 5.74) is 8.85. The quantitative estimate of drug-likeness (QED) is 0.138. The van der Waals surface area contributed by atoms with Gasteiger partial charge in [-0.05, 0) is 131 Å². The molecule has 0 saturated heterocycles. The molecule has 0 radical (unpaired) electrons. The summed E-state index contributed by atoms with van der Waals surface area (Å²) in [6, 6.07) is 90.0. The van der Waals surface area contributed by atoms with E-state index < -0.39 is 0 Å². The molecule has 20 rings (SSSR count). The highest BCUT2D eigenvalue weighted by molar-refractivity contribution is 5.84. The highest BCUT2D eigenvalue weighted by atomic mass is 15.1. The zero-order valence-electron chi connectivity index (χ0n) is 54.1. The van der Waals surface area contributed by atoms with Crippen LogP contribution < -0.4 is 0 Å². The van der Waals surface area contributed by atoms with Gasteiger partial charge in [-0.1, -0.05) is 223 Å². The summed E-state index contributed by atoms with van der Waals surface area (Å²) in [5.74, 6) is 0. The monoisotopic (exact) mass is 1420 g/mol. The minimum Gasteiger partial charge on any atom is -0.264 e. The van der Waals surface area contributed by atoms with Gasteiger partial charge in [0, 0.05) is 131 Å². The van der Waals surface area contributed by atoms with Crippen LogP contribution in [0.5, 0.6) is 0 Å². The summed E-state index contributed by atoms with van der Waals surface area (Å²) in [4.78, 5) is 56.6. The van der Waals surface area contributed by atoms with Crippen molar-refractivity contribution in [3.63, 3.8) is 0 Å². The Kier molecular flexibility index (Phi) is 40.4. The molecule has 0 aliphatic rings. The molecule has 544 valence electrons. The molecular weight excluding hydrogens is 1330 g/mol. The van der Waals surface area contributed by atoms with Crippen molar-refractivity contribution >= 4 is 109 Å². The number of hydrogen-bond donors (Lipinski definition) is 0. The van der Waals surface area contributed by atoms with Gasteiger partial charge in [0.1, 0.15) is 12.7 Å². The predicted molar refractivity (Wildman–Crippen MR) is 458 cm³/mol. The summed E-state index contributed by atoms with van der Waals surface area (Å²) in [5, 5.41) is 20.6. The summed E-state index contributed by atoms with van der Waals surface area (Å²) < 4.78 is 0. The predicted octanol–water partition coefficient (Wildman–Crippen LogP) is 23.8. The standard InChI is InChI=1S/C10H8.3C9H7N.5C8H6N2.C7H5N3.8CH4/c1-2-6-10-8-4-3-7-9(10)5-1;2*1-2-6-9-8(4-1)5-3-7-10-9;1-2-4-9-7-10-6-5-8(9)3-1;1-3-7-8(9-5-1)4-2-6-10-7;1-2-7-6-9-5-3-8(7)10-4-1;1-2-7-3-5-9-6-8(7)10-4-1;1-2-4-8-7(3-1)5-9-6-10-8;1-2-4-8-7(3-1)5-6-9-10-8;1-2-8-3-6-4-9-5-10-7(1)6;;;;;;;;/h1-8H;3*1-7H;5*1-6H;1-5H;8*1H4. The van der Waals surface area contributed by atoms with E-state index in [2.05, 4.69) is 165 Å². The van der Waals surface area contributed by atoms with Gasteiger partial charge in [-0.25, -0.2) is 19.9 Å². The second-order valence-electron chi connectivity index (χ2n) is 21.3. The molecule has 108 heavy (non-hydrogen) atoms. The van der Waals surface area contributed by atoms with E-state index in [1.807, 2.05) is 225 Å². The zero-order valence-corrected chi connectivity index (χ0v) is 54.1. The maximum Gasteiger partial charge on any atom is 0.116 e. The van der Waals surface area contributed by atoms with Crippen LogP contribution in [0.15, 0.2) is 391 Å². The Morgan fingerprint density at radius 2 is 0.389 bits per heavy atom. The Labute approximate surface area is 635 Å². The summed E-state index contributed by atoms with van der Waals surface area (Å²) >= 11 is 0. The third kappa shape index (κ3) is 27.6. The van der Waals surface area contributed by atoms with E-state index in [-0.39, 0.29) is 59.4 Å². The Morgan fingerprint density at radius 1 is 0.139 bits per heavy atom. The van der Waals surface area contributed by atoms with E-state index in [1.165, 1.54) is 38.6 Å². The third-order valence-electron chi connectivity index (χ3n) is 14.6. The highest BCUT2D eigenvalue weighted by Crippen LogP contribution is 2.15. The number of rotatable bonds is 0. The summed E-state index contributed by atoms with van der Waals surface area (Å²) in [6.07, 6.45) is 33.3. The van der Waals surface area contributed by atoms with Gasteiger partial charge >= 0.3 is 0 Å². The Balaban J connectivity index is 0.000000309. The van der Waals surface area contributed by atoms with E-state index in [4.69, 9.17) is 0 Å². The smallest absolute Gasteiger partial charge is 0.116 e. The number of pyridine rings is 10. The van der Waals surface area contributed by atoms with Crippen LogP contribution in [0.1, 0.15) is 59.4 Å². The zero-order chi connectivity index (χ0) is 68.1. The van der Waals surface area contributed by atoms with E-state index in [9.17, 15) is 0 Å². The van der Waals surface area contributed by atoms with Crippen LogP contribution >= 0.6 is 0 Å². The van der Waals surface area contributed by atoms with Crippen LogP contribution in [0.2, 0.25) is 0 Å². The van der Waals surface area contributed by atoms with Crippen molar-refractivity contribution in [3.05, 3.63) is 391 Å².